The first kappa shape index (κ1) is 19.9. The molecule has 0 aliphatic heterocycles. The molecule has 0 saturated carbocycles. The fourth-order valence-corrected chi connectivity index (χ4v) is 4.30. The Labute approximate surface area is 170 Å². The highest BCUT2D eigenvalue weighted by Gasteiger charge is 2.24. The van der Waals surface area contributed by atoms with Gasteiger partial charge >= 0.3 is 11.9 Å². The van der Waals surface area contributed by atoms with E-state index >= 15 is 0 Å². The van der Waals surface area contributed by atoms with Gasteiger partial charge in [0.05, 0.1) is 0 Å². The molecule has 6 nitrogen and oxygen atoms in total. The van der Waals surface area contributed by atoms with Crippen LogP contribution in [0.3, 0.4) is 0 Å². The van der Waals surface area contributed by atoms with Crippen LogP contribution in [-0.4, -0.2) is 32.1 Å². The van der Waals surface area contributed by atoms with Crippen molar-refractivity contribution in [3.05, 3.63) is 84.1 Å². The number of thioether (sulfide) groups is 2. The molecule has 2 atom stereocenters. The van der Waals surface area contributed by atoms with Gasteiger partial charge in [-0.05, 0) is 17.2 Å². The van der Waals surface area contributed by atoms with E-state index in [1.165, 1.54) is 6.20 Å². The van der Waals surface area contributed by atoms with Crippen LogP contribution >= 0.6 is 23.5 Å². The summed E-state index contributed by atoms with van der Waals surface area (Å²) in [5.74, 6) is -1.97. The van der Waals surface area contributed by atoms with Crippen molar-refractivity contribution in [2.75, 3.05) is 0 Å². The second-order valence-corrected chi connectivity index (χ2v) is 7.87. The number of hydrogen-bond donors (Lipinski definition) is 2. The Kier molecular flexibility index (Phi) is 6.67. The smallest absolute Gasteiger partial charge is 0.321 e. The standard InChI is InChI=1S/C20H16N2O4S2/c23-18(24)16(13-7-3-1-4-8-13)27-15-11-12-21-20(22-15)28-17(19(25)26)14-9-5-2-6-10-14/h1-12,16-17H,(H,23,24)(H,25,26)/t16-,17+/m1/s1. The predicted octanol–water partition coefficient (Wildman–Crippen LogP) is 4.31. The number of carboxylic acid groups (broad SMARTS) is 2. The van der Waals surface area contributed by atoms with Crippen molar-refractivity contribution in [3.63, 3.8) is 0 Å². The van der Waals surface area contributed by atoms with Crippen molar-refractivity contribution in [3.8, 4) is 0 Å². The van der Waals surface area contributed by atoms with Gasteiger partial charge in [0.1, 0.15) is 15.5 Å². The first-order valence-corrected chi connectivity index (χ1v) is 10.0. The molecule has 1 aromatic heterocycles. The second kappa shape index (κ2) is 9.38. The number of nitrogens with zero attached hydrogens (tertiary/aromatic N) is 2. The van der Waals surface area contributed by atoms with Gasteiger partial charge in [0, 0.05) is 6.20 Å². The van der Waals surface area contributed by atoms with E-state index in [4.69, 9.17) is 0 Å². The lowest BCUT2D eigenvalue weighted by Crippen LogP contribution is -2.09. The lowest BCUT2D eigenvalue weighted by atomic mass is 10.1. The van der Waals surface area contributed by atoms with Gasteiger partial charge in [-0.2, -0.15) is 0 Å². The van der Waals surface area contributed by atoms with Gasteiger partial charge in [0.15, 0.2) is 5.16 Å². The van der Waals surface area contributed by atoms with Crippen molar-refractivity contribution < 1.29 is 19.8 Å². The highest BCUT2D eigenvalue weighted by Crippen LogP contribution is 2.37. The monoisotopic (exact) mass is 412 g/mol. The fraction of sp³-hybridized carbons (Fsp3) is 0.100. The van der Waals surface area contributed by atoms with E-state index in [1.54, 1.807) is 54.6 Å². The molecule has 142 valence electrons. The molecule has 3 rings (SSSR count). The Balaban J connectivity index is 1.81. The summed E-state index contributed by atoms with van der Waals surface area (Å²) in [7, 11) is 0. The number of hydrogen-bond acceptors (Lipinski definition) is 6. The van der Waals surface area contributed by atoms with Gasteiger partial charge in [-0.3, -0.25) is 9.59 Å². The van der Waals surface area contributed by atoms with Gasteiger partial charge in [0.25, 0.3) is 0 Å². The molecule has 0 unspecified atom stereocenters. The second-order valence-electron chi connectivity index (χ2n) is 5.67. The third-order valence-corrected chi connectivity index (χ3v) is 6.02. The van der Waals surface area contributed by atoms with Crippen LogP contribution in [0.15, 0.2) is 83.1 Å². The third kappa shape index (κ3) is 5.11. The van der Waals surface area contributed by atoms with Crippen LogP contribution in [0.1, 0.15) is 21.6 Å². The van der Waals surface area contributed by atoms with Crippen molar-refractivity contribution in [1.29, 1.82) is 0 Å². The van der Waals surface area contributed by atoms with Gasteiger partial charge < -0.3 is 10.2 Å². The molecule has 2 aromatic carbocycles. The Morgan fingerprint density at radius 2 is 1.25 bits per heavy atom. The van der Waals surface area contributed by atoms with Gasteiger partial charge in [-0.25, -0.2) is 9.97 Å². The maximum Gasteiger partial charge on any atom is 0.321 e. The van der Waals surface area contributed by atoms with E-state index in [0.29, 0.717) is 16.2 Å². The van der Waals surface area contributed by atoms with Crippen LogP contribution in [0.2, 0.25) is 0 Å². The summed E-state index contributed by atoms with van der Waals surface area (Å²) in [6, 6.07) is 19.3. The minimum atomic E-state index is -0.995. The summed E-state index contributed by atoms with van der Waals surface area (Å²) < 4.78 is 0. The molecule has 0 bridgehead atoms. The molecule has 0 saturated heterocycles. The summed E-state index contributed by atoms with van der Waals surface area (Å²) in [6.07, 6.45) is 1.51. The summed E-state index contributed by atoms with van der Waals surface area (Å²) in [5.41, 5.74) is 1.29. The number of aliphatic carboxylic acids is 2. The Morgan fingerprint density at radius 3 is 1.75 bits per heavy atom. The summed E-state index contributed by atoms with van der Waals surface area (Å²) in [6.45, 7) is 0. The highest BCUT2D eigenvalue weighted by molar-refractivity contribution is 8.00. The normalized spacial score (nSPS) is 12.9. The number of benzene rings is 2. The molecular formula is C20H16N2O4S2. The van der Waals surface area contributed by atoms with Crippen LogP contribution in [0, 0.1) is 0 Å². The van der Waals surface area contributed by atoms with Crippen molar-refractivity contribution in [2.24, 2.45) is 0 Å². The Morgan fingerprint density at radius 1 is 0.750 bits per heavy atom. The quantitative estimate of drug-likeness (QED) is 0.321. The minimum Gasteiger partial charge on any atom is -0.480 e. The molecule has 0 aliphatic rings. The van der Waals surface area contributed by atoms with Gasteiger partial charge in [-0.15, -0.1) is 0 Å². The van der Waals surface area contributed by atoms with Crippen LogP contribution < -0.4 is 0 Å². The van der Waals surface area contributed by atoms with Crippen LogP contribution in [0.25, 0.3) is 0 Å². The molecule has 0 spiro atoms. The van der Waals surface area contributed by atoms with E-state index < -0.39 is 22.4 Å². The van der Waals surface area contributed by atoms with E-state index in [-0.39, 0.29) is 5.16 Å². The van der Waals surface area contributed by atoms with E-state index in [1.807, 2.05) is 12.1 Å². The molecule has 0 radical (unpaired) electrons. The van der Waals surface area contributed by atoms with Gasteiger partial charge in [-0.1, -0.05) is 84.2 Å². The average Bonchev–Trinajstić information content (AvgIpc) is 2.71. The molecule has 3 aromatic rings. The lowest BCUT2D eigenvalue weighted by molar-refractivity contribution is -0.137. The zero-order chi connectivity index (χ0) is 19.9. The molecule has 8 heteroatoms. The molecule has 28 heavy (non-hydrogen) atoms. The Hall–Kier alpha value is -2.84. The average molecular weight is 412 g/mol. The van der Waals surface area contributed by atoms with Gasteiger partial charge in [0.2, 0.25) is 0 Å². The number of rotatable bonds is 8. The molecular weight excluding hydrogens is 396 g/mol. The van der Waals surface area contributed by atoms with Crippen LogP contribution in [-0.2, 0) is 9.59 Å². The maximum atomic E-state index is 11.7. The molecule has 0 aliphatic carbocycles. The SMILES string of the molecule is O=C(O)[C@@H](Sc1nccc(S[C@@H](C(=O)O)c2ccccc2)n1)c1ccccc1. The molecule has 1 heterocycles. The maximum absolute atomic E-state index is 11.7. The number of carbonyl (C=O) groups is 2. The zero-order valence-electron chi connectivity index (χ0n) is 14.5. The van der Waals surface area contributed by atoms with E-state index in [9.17, 15) is 19.8 Å². The minimum absolute atomic E-state index is 0.276. The summed E-state index contributed by atoms with van der Waals surface area (Å²) >= 11 is 2.10. The zero-order valence-corrected chi connectivity index (χ0v) is 16.1. The molecule has 2 N–H and O–H groups in total. The lowest BCUT2D eigenvalue weighted by Gasteiger charge is -2.14. The van der Waals surface area contributed by atoms with Crippen molar-refractivity contribution >= 4 is 35.5 Å². The van der Waals surface area contributed by atoms with Crippen molar-refractivity contribution in [1.82, 2.24) is 9.97 Å². The number of carboxylic acids is 2. The summed E-state index contributed by atoms with van der Waals surface area (Å²) in [5, 5.41) is 18.2. The first-order valence-electron chi connectivity index (χ1n) is 8.26. The van der Waals surface area contributed by atoms with E-state index in [2.05, 4.69) is 9.97 Å². The van der Waals surface area contributed by atoms with E-state index in [0.717, 1.165) is 23.5 Å². The molecule has 0 amide bonds. The highest BCUT2D eigenvalue weighted by atomic mass is 32.2. The summed E-state index contributed by atoms with van der Waals surface area (Å²) in [4.78, 5) is 31.9. The first-order chi connectivity index (χ1) is 13.5. The Bertz CT molecular complexity index is 880. The topological polar surface area (TPSA) is 100 Å². The van der Waals surface area contributed by atoms with Crippen LogP contribution in [0.5, 0.6) is 0 Å². The number of aromatic nitrogens is 2. The van der Waals surface area contributed by atoms with Crippen LogP contribution in [0.4, 0.5) is 0 Å². The van der Waals surface area contributed by atoms with Crippen molar-refractivity contribution in [2.45, 2.75) is 20.7 Å². The predicted molar refractivity (Wildman–Crippen MR) is 107 cm³/mol. The molecule has 0 fully saturated rings. The fourth-order valence-electron chi connectivity index (χ4n) is 2.45. The largest absolute Gasteiger partial charge is 0.480 e. The third-order valence-electron chi connectivity index (χ3n) is 3.72.